The quantitative estimate of drug-likeness (QED) is 0.407. The van der Waals surface area contributed by atoms with Crippen molar-refractivity contribution < 1.29 is 14.3 Å². The molecule has 0 saturated carbocycles. The number of nitrogens with one attached hydrogen (secondary N) is 1. The number of amides is 1. The van der Waals surface area contributed by atoms with E-state index in [0.29, 0.717) is 26.2 Å². The SMILES string of the molecule is C=CCN(Cc1cccs1)C(=O)CNCCC(=O)OCC. The topological polar surface area (TPSA) is 58.6 Å². The molecule has 0 atom stereocenters. The zero-order valence-corrected chi connectivity index (χ0v) is 13.2. The first-order valence-corrected chi connectivity index (χ1v) is 7.82. The molecule has 21 heavy (non-hydrogen) atoms. The van der Waals surface area contributed by atoms with Crippen molar-refractivity contribution in [2.24, 2.45) is 0 Å². The normalized spacial score (nSPS) is 10.1. The lowest BCUT2D eigenvalue weighted by atomic mass is 10.3. The first kappa shape index (κ1) is 17.4. The fraction of sp³-hybridized carbons (Fsp3) is 0.467. The molecule has 0 unspecified atom stereocenters. The van der Waals surface area contributed by atoms with Gasteiger partial charge in [-0.3, -0.25) is 9.59 Å². The Morgan fingerprint density at radius 2 is 2.33 bits per heavy atom. The van der Waals surface area contributed by atoms with E-state index in [9.17, 15) is 9.59 Å². The summed E-state index contributed by atoms with van der Waals surface area (Å²) in [6, 6.07) is 3.97. The van der Waals surface area contributed by atoms with Crippen molar-refractivity contribution in [2.75, 3.05) is 26.2 Å². The zero-order chi connectivity index (χ0) is 15.5. The third kappa shape index (κ3) is 7.06. The van der Waals surface area contributed by atoms with Crippen molar-refractivity contribution in [2.45, 2.75) is 19.9 Å². The van der Waals surface area contributed by atoms with Crippen molar-refractivity contribution in [1.29, 1.82) is 0 Å². The minimum atomic E-state index is -0.251. The fourth-order valence-corrected chi connectivity index (χ4v) is 2.45. The lowest BCUT2D eigenvalue weighted by Gasteiger charge is -2.20. The predicted octanol–water partition coefficient (Wildman–Crippen LogP) is 1.81. The summed E-state index contributed by atoms with van der Waals surface area (Å²) in [7, 11) is 0. The molecule has 1 rings (SSSR count). The molecule has 1 aromatic heterocycles. The van der Waals surface area contributed by atoms with Gasteiger partial charge in [0.05, 0.1) is 26.1 Å². The molecule has 1 amide bonds. The van der Waals surface area contributed by atoms with Gasteiger partial charge >= 0.3 is 5.97 Å². The van der Waals surface area contributed by atoms with Gasteiger partial charge in [0.25, 0.3) is 0 Å². The number of esters is 1. The highest BCUT2D eigenvalue weighted by atomic mass is 32.1. The third-order valence-corrected chi connectivity index (χ3v) is 3.58. The predicted molar refractivity (Wildman–Crippen MR) is 84.1 cm³/mol. The Bertz CT molecular complexity index is 446. The van der Waals surface area contributed by atoms with Crippen LogP contribution in [0.4, 0.5) is 0 Å². The van der Waals surface area contributed by atoms with Gasteiger partial charge in [0.2, 0.25) is 5.91 Å². The second-order valence-electron chi connectivity index (χ2n) is 4.37. The van der Waals surface area contributed by atoms with Gasteiger partial charge in [-0.25, -0.2) is 0 Å². The molecule has 0 saturated heterocycles. The summed E-state index contributed by atoms with van der Waals surface area (Å²) in [4.78, 5) is 26.2. The molecule has 1 N–H and O–H groups in total. The Kier molecular flexibility index (Phi) is 8.38. The van der Waals surface area contributed by atoms with E-state index >= 15 is 0 Å². The largest absolute Gasteiger partial charge is 0.466 e. The Hall–Kier alpha value is -1.66. The highest BCUT2D eigenvalue weighted by Crippen LogP contribution is 2.11. The van der Waals surface area contributed by atoms with Crippen LogP contribution in [0.3, 0.4) is 0 Å². The molecule has 0 bridgehead atoms. The summed E-state index contributed by atoms with van der Waals surface area (Å²) >= 11 is 1.62. The maximum atomic E-state index is 12.1. The molecule has 0 radical (unpaired) electrons. The molecule has 0 spiro atoms. The zero-order valence-electron chi connectivity index (χ0n) is 12.3. The molecular weight excluding hydrogens is 288 g/mol. The molecular formula is C15H22N2O3S. The van der Waals surface area contributed by atoms with E-state index < -0.39 is 0 Å². The van der Waals surface area contributed by atoms with E-state index in [1.165, 1.54) is 0 Å². The van der Waals surface area contributed by atoms with Crippen LogP contribution in [0.5, 0.6) is 0 Å². The van der Waals surface area contributed by atoms with Gasteiger partial charge in [-0.15, -0.1) is 17.9 Å². The molecule has 0 aliphatic carbocycles. The standard InChI is InChI=1S/C15H22N2O3S/c1-3-9-17(12-13-6-5-10-21-13)14(18)11-16-8-7-15(19)20-4-2/h3,5-6,10,16H,1,4,7-9,11-12H2,2H3. The van der Waals surface area contributed by atoms with Crippen LogP contribution in [0.15, 0.2) is 30.2 Å². The number of carbonyl (C=O) groups excluding carboxylic acids is 2. The van der Waals surface area contributed by atoms with Crippen LogP contribution < -0.4 is 5.32 Å². The van der Waals surface area contributed by atoms with Gasteiger partial charge in [-0.1, -0.05) is 12.1 Å². The van der Waals surface area contributed by atoms with Crippen LogP contribution in [0.25, 0.3) is 0 Å². The minimum Gasteiger partial charge on any atom is -0.466 e. The van der Waals surface area contributed by atoms with Gasteiger partial charge in [0.15, 0.2) is 0 Å². The van der Waals surface area contributed by atoms with Gasteiger partial charge < -0.3 is 15.0 Å². The van der Waals surface area contributed by atoms with Gasteiger partial charge in [0, 0.05) is 18.0 Å². The molecule has 0 fully saturated rings. The van der Waals surface area contributed by atoms with Gasteiger partial charge in [0.1, 0.15) is 0 Å². The van der Waals surface area contributed by atoms with Crippen LogP contribution in [-0.4, -0.2) is 43.0 Å². The average Bonchev–Trinajstić information content (AvgIpc) is 2.96. The van der Waals surface area contributed by atoms with Crippen molar-refractivity contribution in [1.82, 2.24) is 10.2 Å². The minimum absolute atomic E-state index is 0.00726. The molecule has 116 valence electrons. The molecule has 1 aromatic rings. The second-order valence-corrected chi connectivity index (χ2v) is 5.41. The van der Waals surface area contributed by atoms with E-state index in [1.807, 2.05) is 17.5 Å². The highest BCUT2D eigenvalue weighted by molar-refractivity contribution is 7.09. The first-order valence-electron chi connectivity index (χ1n) is 6.94. The molecule has 1 heterocycles. The maximum absolute atomic E-state index is 12.1. The molecule has 0 aliphatic heterocycles. The Morgan fingerprint density at radius 3 is 2.95 bits per heavy atom. The van der Waals surface area contributed by atoms with Crippen LogP contribution in [0.2, 0.25) is 0 Å². The van der Waals surface area contributed by atoms with Crippen LogP contribution in [0, 0.1) is 0 Å². The Balaban J connectivity index is 2.32. The van der Waals surface area contributed by atoms with Crippen molar-refractivity contribution in [3.05, 3.63) is 35.0 Å². The summed E-state index contributed by atoms with van der Waals surface area (Å²) in [5, 5.41) is 4.96. The third-order valence-electron chi connectivity index (χ3n) is 2.72. The summed E-state index contributed by atoms with van der Waals surface area (Å²) in [5.74, 6) is -0.258. The van der Waals surface area contributed by atoms with E-state index in [0.717, 1.165) is 4.88 Å². The second kappa shape index (κ2) is 10.1. The van der Waals surface area contributed by atoms with Gasteiger partial charge in [-0.2, -0.15) is 0 Å². The number of thiophene rings is 1. The molecule has 5 nitrogen and oxygen atoms in total. The monoisotopic (exact) mass is 310 g/mol. The van der Waals surface area contributed by atoms with E-state index in [-0.39, 0.29) is 24.8 Å². The summed E-state index contributed by atoms with van der Waals surface area (Å²) in [6.07, 6.45) is 1.98. The van der Waals surface area contributed by atoms with Gasteiger partial charge in [-0.05, 0) is 18.4 Å². The number of carbonyl (C=O) groups is 2. The Labute approximate surface area is 129 Å². The Morgan fingerprint density at radius 1 is 1.52 bits per heavy atom. The highest BCUT2D eigenvalue weighted by Gasteiger charge is 2.13. The van der Waals surface area contributed by atoms with Crippen LogP contribution in [-0.2, 0) is 20.9 Å². The maximum Gasteiger partial charge on any atom is 0.307 e. The number of hydrogen-bond acceptors (Lipinski definition) is 5. The number of nitrogens with zero attached hydrogens (tertiary/aromatic N) is 1. The smallest absolute Gasteiger partial charge is 0.307 e. The average molecular weight is 310 g/mol. The number of ether oxygens (including phenoxy) is 1. The summed E-state index contributed by atoms with van der Waals surface area (Å²) in [6.45, 7) is 7.57. The molecule has 0 aliphatic rings. The first-order chi connectivity index (χ1) is 10.2. The molecule has 6 heteroatoms. The number of hydrogen-bond donors (Lipinski definition) is 1. The summed E-state index contributed by atoms with van der Waals surface area (Å²) in [5.41, 5.74) is 0. The van der Waals surface area contributed by atoms with Crippen molar-refractivity contribution >= 4 is 23.2 Å². The number of rotatable bonds is 10. The molecule has 0 aromatic carbocycles. The lowest BCUT2D eigenvalue weighted by molar-refractivity contribution is -0.143. The van der Waals surface area contributed by atoms with E-state index in [1.54, 1.807) is 29.2 Å². The van der Waals surface area contributed by atoms with Crippen molar-refractivity contribution in [3.63, 3.8) is 0 Å². The van der Waals surface area contributed by atoms with E-state index in [2.05, 4.69) is 11.9 Å². The fourth-order valence-electron chi connectivity index (χ4n) is 1.73. The lowest BCUT2D eigenvalue weighted by Crippen LogP contribution is -2.38. The summed E-state index contributed by atoms with van der Waals surface area (Å²) < 4.78 is 4.82. The van der Waals surface area contributed by atoms with E-state index in [4.69, 9.17) is 4.74 Å². The van der Waals surface area contributed by atoms with Crippen molar-refractivity contribution in [3.8, 4) is 0 Å². The van der Waals surface area contributed by atoms with Crippen LogP contribution >= 0.6 is 11.3 Å². The van der Waals surface area contributed by atoms with Crippen LogP contribution in [0.1, 0.15) is 18.2 Å².